The summed E-state index contributed by atoms with van der Waals surface area (Å²) in [5.41, 5.74) is 2.32. The Morgan fingerprint density at radius 3 is 1.84 bits per heavy atom. The van der Waals surface area contributed by atoms with Crippen molar-refractivity contribution in [3.8, 4) is 0 Å². The van der Waals surface area contributed by atoms with E-state index in [0.29, 0.717) is 11.4 Å². The molecule has 0 N–H and O–H groups in total. The normalized spacial score (nSPS) is 12.7. The molecule has 0 saturated heterocycles. The van der Waals surface area contributed by atoms with E-state index < -0.39 is 10.0 Å². The molecule has 0 aromatic heterocycles. The van der Waals surface area contributed by atoms with E-state index in [1.165, 1.54) is 14.1 Å². The molecule has 1 aliphatic rings. The van der Waals surface area contributed by atoms with Gasteiger partial charge < -0.3 is 0 Å². The van der Waals surface area contributed by atoms with E-state index in [1.54, 1.807) is 47.8 Å². The van der Waals surface area contributed by atoms with Gasteiger partial charge in [0.15, 0.2) is 0 Å². The molecule has 0 saturated carbocycles. The molecule has 0 bridgehead atoms. The molecule has 0 spiro atoms. The van der Waals surface area contributed by atoms with Crippen LogP contribution in [0.3, 0.4) is 0 Å². The summed E-state index contributed by atoms with van der Waals surface area (Å²) < 4.78 is 28.8. The molecule has 5 rings (SSSR count). The fraction of sp³-hybridized carbons (Fsp3) is 0.0400. The zero-order valence-corrected chi connectivity index (χ0v) is 19.2. The number of aryl methyl sites for hydroxylation is 1. The summed E-state index contributed by atoms with van der Waals surface area (Å²) in [4.78, 5) is 4.86. The molecule has 4 aromatic rings. The van der Waals surface area contributed by atoms with Gasteiger partial charge in [-0.05, 0) is 61.5 Å². The van der Waals surface area contributed by atoms with Crippen LogP contribution in [0.5, 0.6) is 0 Å². The third-order valence-electron chi connectivity index (χ3n) is 5.00. The molecule has 0 unspecified atom stereocenters. The summed E-state index contributed by atoms with van der Waals surface area (Å²) in [7, 11) is -3.79. The molecular weight excluding hydrogens is 442 g/mol. The Kier molecular flexibility index (Phi) is 5.30. The van der Waals surface area contributed by atoms with Crippen molar-refractivity contribution in [3.63, 3.8) is 0 Å². The SMILES string of the molecule is Cc1ccc(N(c2ccc3c(c2)Sc2ccccc2S3)S(=O)(=O)c2ccccc2)cc1. The Morgan fingerprint density at radius 1 is 0.613 bits per heavy atom. The molecule has 154 valence electrons. The second kappa shape index (κ2) is 8.11. The van der Waals surface area contributed by atoms with E-state index in [-0.39, 0.29) is 4.90 Å². The second-order valence-electron chi connectivity index (χ2n) is 7.20. The topological polar surface area (TPSA) is 37.4 Å². The van der Waals surface area contributed by atoms with Crippen LogP contribution in [0.2, 0.25) is 0 Å². The maximum atomic E-state index is 13.7. The van der Waals surface area contributed by atoms with Crippen LogP contribution in [0.4, 0.5) is 11.4 Å². The van der Waals surface area contributed by atoms with Crippen LogP contribution in [-0.4, -0.2) is 8.42 Å². The summed E-state index contributed by atoms with van der Waals surface area (Å²) in [6, 6.07) is 30.3. The van der Waals surface area contributed by atoms with Crippen LogP contribution in [0.1, 0.15) is 5.56 Å². The first-order valence-electron chi connectivity index (χ1n) is 9.78. The Morgan fingerprint density at radius 2 is 1.16 bits per heavy atom. The highest BCUT2D eigenvalue weighted by atomic mass is 32.2. The van der Waals surface area contributed by atoms with E-state index in [2.05, 4.69) is 12.1 Å². The average Bonchev–Trinajstić information content (AvgIpc) is 2.79. The minimum Gasteiger partial charge on any atom is -0.234 e. The first-order valence-corrected chi connectivity index (χ1v) is 12.9. The van der Waals surface area contributed by atoms with Crippen LogP contribution < -0.4 is 4.31 Å². The highest BCUT2D eigenvalue weighted by Crippen LogP contribution is 2.49. The number of benzene rings is 4. The lowest BCUT2D eigenvalue weighted by molar-refractivity contribution is 0.596. The lowest BCUT2D eigenvalue weighted by Crippen LogP contribution is -2.26. The Balaban J connectivity index is 1.64. The summed E-state index contributed by atoms with van der Waals surface area (Å²) in [5, 5.41) is 0. The van der Waals surface area contributed by atoms with Gasteiger partial charge in [-0.25, -0.2) is 12.7 Å². The Hall–Kier alpha value is -2.67. The van der Waals surface area contributed by atoms with Crippen molar-refractivity contribution < 1.29 is 8.42 Å². The van der Waals surface area contributed by atoms with Crippen molar-refractivity contribution in [2.24, 2.45) is 0 Å². The minimum atomic E-state index is -3.79. The van der Waals surface area contributed by atoms with Gasteiger partial charge in [0.05, 0.1) is 16.3 Å². The molecule has 0 radical (unpaired) electrons. The number of fused-ring (bicyclic) bond motifs is 2. The van der Waals surface area contributed by atoms with Gasteiger partial charge in [0.2, 0.25) is 0 Å². The number of nitrogens with zero attached hydrogens (tertiary/aromatic N) is 1. The number of hydrogen-bond donors (Lipinski definition) is 0. The van der Waals surface area contributed by atoms with E-state index in [1.807, 2.05) is 67.6 Å². The van der Waals surface area contributed by atoms with Gasteiger partial charge in [0.25, 0.3) is 10.0 Å². The summed E-state index contributed by atoms with van der Waals surface area (Å²) in [6.45, 7) is 1.99. The summed E-state index contributed by atoms with van der Waals surface area (Å²) in [6.07, 6.45) is 0. The number of hydrogen-bond acceptors (Lipinski definition) is 4. The number of sulfonamides is 1. The van der Waals surface area contributed by atoms with Crippen molar-refractivity contribution in [1.29, 1.82) is 0 Å². The zero-order chi connectivity index (χ0) is 21.4. The molecule has 0 aliphatic carbocycles. The Bertz CT molecular complexity index is 1350. The lowest BCUT2D eigenvalue weighted by Gasteiger charge is -2.27. The van der Waals surface area contributed by atoms with Crippen molar-refractivity contribution in [2.75, 3.05) is 4.31 Å². The second-order valence-corrected chi connectivity index (χ2v) is 11.2. The fourth-order valence-corrected chi connectivity index (χ4v) is 7.20. The molecule has 0 amide bonds. The van der Waals surface area contributed by atoms with E-state index in [9.17, 15) is 8.42 Å². The molecule has 0 atom stereocenters. The molecule has 1 aliphatic heterocycles. The van der Waals surface area contributed by atoms with Crippen LogP contribution in [0.15, 0.2) is 122 Å². The lowest BCUT2D eigenvalue weighted by atomic mass is 10.2. The highest BCUT2D eigenvalue weighted by molar-refractivity contribution is 8.05. The van der Waals surface area contributed by atoms with Gasteiger partial charge in [-0.2, -0.15) is 0 Å². The average molecular weight is 462 g/mol. The predicted molar refractivity (Wildman–Crippen MR) is 128 cm³/mol. The van der Waals surface area contributed by atoms with Gasteiger partial charge in [0, 0.05) is 19.6 Å². The van der Waals surface area contributed by atoms with Crippen molar-refractivity contribution >= 4 is 44.9 Å². The Labute approximate surface area is 191 Å². The van der Waals surface area contributed by atoms with Crippen LogP contribution >= 0.6 is 23.5 Å². The summed E-state index contributed by atoms with van der Waals surface area (Å²) in [5.74, 6) is 0. The minimum absolute atomic E-state index is 0.265. The molecule has 31 heavy (non-hydrogen) atoms. The van der Waals surface area contributed by atoms with E-state index in [4.69, 9.17) is 0 Å². The molecular formula is C25H19NO2S3. The van der Waals surface area contributed by atoms with E-state index in [0.717, 1.165) is 15.4 Å². The van der Waals surface area contributed by atoms with Gasteiger partial charge in [-0.15, -0.1) is 0 Å². The fourth-order valence-electron chi connectivity index (χ4n) is 3.45. The van der Waals surface area contributed by atoms with Crippen molar-refractivity contribution in [1.82, 2.24) is 0 Å². The molecule has 4 aromatic carbocycles. The van der Waals surface area contributed by atoms with Gasteiger partial charge in [-0.3, -0.25) is 0 Å². The maximum absolute atomic E-state index is 13.7. The van der Waals surface area contributed by atoms with Crippen LogP contribution in [0.25, 0.3) is 0 Å². The van der Waals surface area contributed by atoms with Gasteiger partial charge in [0.1, 0.15) is 0 Å². The summed E-state index contributed by atoms with van der Waals surface area (Å²) >= 11 is 3.39. The standard InChI is InChI=1S/C25H19NO2S3/c1-18-11-13-19(14-12-18)26(31(27,28)21-7-3-2-4-8-21)20-15-16-24-25(17-20)30-23-10-6-5-9-22(23)29-24/h2-17H,1H3. The maximum Gasteiger partial charge on any atom is 0.268 e. The molecule has 1 heterocycles. The number of rotatable bonds is 4. The molecule has 0 fully saturated rings. The third kappa shape index (κ3) is 3.87. The van der Waals surface area contributed by atoms with Gasteiger partial charge >= 0.3 is 0 Å². The first-order chi connectivity index (χ1) is 15.0. The first kappa shape index (κ1) is 20.2. The predicted octanol–water partition coefficient (Wildman–Crippen LogP) is 7.14. The van der Waals surface area contributed by atoms with Crippen LogP contribution in [0, 0.1) is 6.92 Å². The quantitative estimate of drug-likeness (QED) is 0.285. The monoisotopic (exact) mass is 461 g/mol. The zero-order valence-electron chi connectivity index (χ0n) is 16.7. The van der Waals surface area contributed by atoms with Gasteiger partial charge in [-0.1, -0.05) is 71.6 Å². The largest absolute Gasteiger partial charge is 0.268 e. The molecule has 3 nitrogen and oxygen atoms in total. The molecule has 6 heteroatoms. The van der Waals surface area contributed by atoms with E-state index >= 15 is 0 Å². The van der Waals surface area contributed by atoms with Crippen molar-refractivity contribution in [3.05, 3.63) is 103 Å². The number of anilines is 2. The third-order valence-corrected chi connectivity index (χ3v) is 9.31. The van der Waals surface area contributed by atoms with Crippen molar-refractivity contribution in [2.45, 2.75) is 31.4 Å². The highest BCUT2D eigenvalue weighted by Gasteiger charge is 2.28. The van der Waals surface area contributed by atoms with Crippen LogP contribution in [-0.2, 0) is 10.0 Å². The smallest absolute Gasteiger partial charge is 0.234 e.